The smallest absolute Gasteiger partial charge is 0.235 e. The Morgan fingerprint density at radius 3 is 2.55 bits per heavy atom. The SMILES string of the molecule is COc1ccc(C)cc1NC(=O)CC(=O)Nc1cc(C)on1. The number of rotatable bonds is 5. The van der Waals surface area contributed by atoms with Crippen molar-refractivity contribution in [1.82, 2.24) is 5.16 Å². The Balaban J connectivity index is 1.95. The second-order valence-electron chi connectivity index (χ2n) is 4.80. The molecule has 0 fully saturated rings. The lowest BCUT2D eigenvalue weighted by Crippen LogP contribution is -2.21. The lowest BCUT2D eigenvalue weighted by Gasteiger charge is -2.10. The number of ether oxygens (including phenoxy) is 1. The first-order chi connectivity index (χ1) is 10.5. The Kier molecular flexibility index (Phi) is 4.77. The molecule has 0 aliphatic rings. The van der Waals surface area contributed by atoms with Gasteiger partial charge in [-0.1, -0.05) is 11.2 Å². The Labute approximate surface area is 127 Å². The number of amides is 2. The number of aryl methyl sites for hydroxylation is 2. The number of aromatic nitrogens is 1. The fraction of sp³-hybridized carbons (Fsp3) is 0.267. The van der Waals surface area contributed by atoms with Gasteiger partial charge in [-0.25, -0.2) is 0 Å². The number of methoxy groups -OCH3 is 1. The van der Waals surface area contributed by atoms with Crippen molar-refractivity contribution >= 4 is 23.3 Å². The first kappa shape index (κ1) is 15.6. The summed E-state index contributed by atoms with van der Waals surface area (Å²) in [4.78, 5) is 23.7. The summed E-state index contributed by atoms with van der Waals surface area (Å²) in [5.74, 6) is 0.471. The standard InChI is InChI=1S/C15H17N3O4/c1-9-4-5-12(21-3)11(6-9)16-14(19)8-15(20)17-13-7-10(2)22-18-13/h4-7H,8H2,1-3H3,(H,16,19)(H,17,18,20). The van der Waals surface area contributed by atoms with E-state index < -0.39 is 11.8 Å². The highest BCUT2D eigenvalue weighted by Crippen LogP contribution is 2.25. The summed E-state index contributed by atoms with van der Waals surface area (Å²) in [7, 11) is 1.51. The van der Waals surface area contributed by atoms with Gasteiger partial charge in [0, 0.05) is 6.07 Å². The van der Waals surface area contributed by atoms with Gasteiger partial charge < -0.3 is 19.9 Å². The molecule has 2 N–H and O–H groups in total. The van der Waals surface area contributed by atoms with Crippen LogP contribution in [0.2, 0.25) is 0 Å². The Bertz CT molecular complexity index is 694. The first-order valence-corrected chi connectivity index (χ1v) is 6.65. The highest BCUT2D eigenvalue weighted by molar-refractivity contribution is 6.08. The predicted octanol–water partition coefficient (Wildman–Crippen LogP) is 2.27. The number of carbonyl (C=O) groups is 2. The number of carbonyl (C=O) groups excluding carboxylic acids is 2. The van der Waals surface area contributed by atoms with E-state index in [9.17, 15) is 9.59 Å². The Morgan fingerprint density at radius 2 is 1.91 bits per heavy atom. The third kappa shape index (κ3) is 4.08. The van der Waals surface area contributed by atoms with Crippen molar-refractivity contribution in [3.63, 3.8) is 0 Å². The monoisotopic (exact) mass is 303 g/mol. The third-order valence-electron chi connectivity index (χ3n) is 2.85. The molecule has 7 heteroatoms. The van der Waals surface area contributed by atoms with Crippen molar-refractivity contribution in [2.75, 3.05) is 17.7 Å². The molecular formula is C15H17N3O4. The quantitative estimate of drug-likeness (QED) is 0.826. The van der Waals surface area contributed by atoms with Crippen molar-refractivity contribution < 1.29 is 18.8 Å². The molecule has 1 heterocycles. The molecule has 0 radical (unpaired) electrons. The van der Waals surface area contributed by atoms with Crippen molar-refractivity contribution in [2.24, 2.45) is 0 Å². The molecule has 0 spiro atoms. The summed E-state index contributed by atoms with van der Waals surface area (Å²) in [5, 5.41) is 8.77. The second kappa shape index (κ2) is 6.75. The van der Waals surface area contributed by atoms with Gasteiger partial charge in [0.25, 0.3) is 0 Å². The molecule has 116 valence electrons. The van der Waals surface area contributed by atoms with Crippen LogP contribution in [0, 0.1) is 13.8 Å². The minimum absolute atomic E-state index is 0.281. The van der Waals surface area contributed by atoms with Gasteiger partial charge in [-0.05, 0) is 31.5 Å². The molecule has 0 unspecified atom stereocenters. The van der Waals surface area contributed by atoms with Crippen LogP contribution in [0.15, 0.2) is 28.8 Å². The van der Waals surface area contributed by atoms with Crippen LogP contribution in [0.5, 0.6) is 5.75 Å². The number of benzene rings is 1. The summed E-state index contributed by atoms with van der Waals surface area (Å²) in [5.41, 5.74) is 1.50. The van der Waals surface area contributed by atoms with Gasteiger partial charge in [-0.15, -0.1) is 0 Å². The molecule has 0 saturated carbocycles. The molecular weight excluding hydrogens is 286 g/mol. The highest BCUT2D eigenvalue weighted by atomic mass is 16.5. The van der Waals surface area contributed by atoms with Crippen LogP contribution < -0.4 is 15.4 Å². The fourth-order valence-corrected chi connectivity index (χ4v) is 1.87. The number of hydrogen-bond acceptors (Lipinski definition) is 5. The van der Waals surface area contributed by atoms with E-state index in [2.05, 4.69) is 15.8 Å². The van der Waals surface area contributed by atoms with Crippen LogP contribution in [0.1, 0.15) is 17.7 Å². The molecule has 0 atom stereocenters. The van der Waals surface area contributed by atoms with Crippen LogP contribution in [-0.4, -0.2) is 24.1 Å². The van der Waals surface area contributed by atoms with E-state index in [1.165, 1.54) is 7.11 Å². The van der Waals surface area contributed by atoms with Crippen molar-refractivity contribution in [2.45, 2.75) is 20.3 Å². The molecule has 7 nitrogen and oxygen atoms in total. The molecule has 0 aliphatic heterocycles. The highest BCUT2D eigenvalue weighted by Gasteiger charge is 2.13. The lowest BCUT2D eigenvalue weighted by molar-refractivity contribution is -0.123. The molecule has 1 aromatic heterocycles. The normalized spacial score (nSPS) is 10.1. The molecule has 0 saturated heterocycles. The van der Waals surface area contributed by atoms with E-state index in [0.29, 0.717) is 17.2 Å². The average molecular weight is 303 g/mol. The predicted molar refractivity (Wildman–Crippen MR) is 80.8 cm³/mol. The van der Waals surface area contributed by atoms with Crippen LogP contribution >= 0.6 is 0 Å². The van der Waals surface area contributed by atoms with Gasteiger partial charge in [-0.3, -0.25) is 9.59 Å². The summed E-state index contributed by atoms with van der Waals surface area (Å²) < 4.78 is 9.99. The van der Waals surface area contributed by atoms with Gasteiger partial charge in [0.05, 0.1) is 12.8 Å². The Morgan fingerprint density at radius 1 is 1.18 bits per heavy atom. The summed E-state index contributed by atoms with van der Waals surface area (Å²) in [6.45, 7) is 3.61. The zero-order valence-corrected chi connectivity index (χ0v) is 12.6. The lowest BCUT2D eigenvalue weighted by atomic mass is 10.2. The molecule has 2 amide bonds. The fourth-order valence-electron chi connectivity index (χ4n) is 1.87. The van der Waals surface area contributed by atoms with E-state index in [4.69, 9.17) is 9.26 Å². The number of nitrogens with one attached hydrogen (secondary N) is 2. The van der Waals surface area contributed by atoms with E-state index >= 15 is 0 Å². The zero-order chi connectivity index (χ0) is 16.1. The number of hydrogen-bond donors (Lipinski definition) is 2. The topological polar surface area (TPSA) is 93.5 Å². The van der Waals surface area contributed by atoms with Crippen LogP contribution in [0.3, 0.4) is 0 Å². The maximum Gasteiger partial charge on any atom is 0.235 e. The number of nitrogens with zero attached hydrogens (tertiary/aromatic N) is 1. The molecule has 2 aromatic rings. The molecule has 22 heavy (non-hydrogen) atoms. The minimum Gasteiger partial charge on any atom is -0.495 e. The first-order valence-electron chi connectivity index (χ1n) is 6.65. The van der Waals surface area contributed by atoms with Crippen molar-refractivity contribution in [3.8, 4) is 5.75 Å². The van der Waals surface area contributed by atoms with Crippen molar-refractivity contribution in [3.05, 3.63) is 35.6 Å². The van der Waals surface area contributed by atoms with Crippen molar-refractivity contribution in [1.29, 1.82) is 0 Å². The maximum absolute atomic E-state index is 11.9. The Hall–Kier alpha value is -2.83. The number of anilines is 2. The van der Waals surface area contributed by atoms with E-state index in [1.54, 1.807) is 25.1 Å². The van der Waals surface area contributed by atoms with Gasteiger partial charge in [0.15, 0.2) is 5.82 Å². The maximum atomic E-state index is 11.9. The zero-order valence-electron chi connectivity index (χ0n) is 12.6. The average Bonchev–Trinajstić information content (AvgIpc) is 2.83. The molecule has 1 aromatic carbocycles. The van der Waals surface area contributed by atoms with E-state index in [1.807, 2.05) is 13.0 Å². The van der Waals surface area contributed by atoms with Gasteiger partial charge >= 0.3 is 0 Å². The molecule has 0 aliphatic carbocycles. The second-order valence-corrected chi connectivity index (χ2v) is 4.80. The van der Waals surface area contributed by atoms with Gasteiger partial charge in [0.1, 0.15) is 17.9 Å². The van der Waals surface area contributed by atoms with Crippen LogP contribution in [0.4, 0.5) is 11.5 Å². The largest absolute Gasteiger partial charge is 0.495 e. The molecule has 2 rings (SSSR count). The summed E-state index contributed by atoms with van der Waals surface area (Å²) in [6.07, 6.45) is -0.330. The molecule has 0 bridgehead atoms. The van der Waals surface area contributed by atoms with Gasteiger partial charge in [-0.2, -0.15) is 0 Å². The third-order valence-corrected chi connectivity index (χ3v) is 2.85. The van der Waals surface area contributed by atoms with Crippen LogP contribution in [0.25, 0.3) is 0 Å². The summed E-state index contributed by atoms with van der Waals surface area (Å²) in [6, 6.07) is 6.96. The summed E-state index contributed by atoms with van der Waals surface area (Å²) >= 11 is 0. The van der Waals surface area contributed by atoms with Gasteiger partial charge in [0.2, 0.25) is 11.8 Å². The van der Waals surface area contributed by atoms with E-state index in [-0.39, 0.29) is 12.2 Å². The van der Waals surface area contributed by atoms with E-state index in [0.717, 1.165) is 5.56 Å². The van der Waals surface area contributed by atoms with Crippen LogP contribution in [-0.2, 0) is 9.59 Å². The minimum atomic E-state index is -0.475.